The van der Waals surface area contributed by atoms with E-state index in [-0.39, 0.29) is 11.8 Å². The Bertz CT molecular complexity index is 359. The second-order valence-corrected chi connectivity index (χ2v) is 6.84. The zero-order valence-electron chi connectivity index (χ0n) is 10.8. The molecule has 0 saturated heterocycles. The first kappa shape index (κ1) is 11.5. The number of aliphatic carboxylic acids is 1. The SMILES string of the molecule is C[C@H]1[C@H]2CC[C@@H]3[C@](CN)(CC(=O)O)[C@H](C2)[C@]31C. The molecule has 3 aliphatic rings. The van der Waals surface area contributed by atoms with Crippen LogP contribution < -0.4 is 5.73 Å². The van der Waals surface area contributed by atoms with Gasteiger partial charge in [-0.25, -0.2) is 0 Å². The molecule has 17 heavy (non-hydrogen) atoms. The van der Waals surface area contributed by atoms with Crippen LogP contribution in [0, 0.1) is 34.5 Å². The molecule has 0 unspecified atom stereocenters. The number of fused-ring (bicyclic) bond motifs is 1. The largest absolute Gasteiger partial charge is 0.481 e. The van der Waals surface area contributed by atoms with E-state index in [1.807, 2.05) is 0 Å². The molecule has 0 radical (unpaired) electrons. The van der Waals surface area contributed by atoms with Crippen molar-refractivity contribution in [3.8, 4) is 0 Å². The lowest BCUT2D eigenvalue weighted by Gasteiger charge is -2.68. The Hall–Kier alpha value is -0.570. The minimum atomic E-state index is -0.666. The van der Waals surface area contributed by atoms with Gasteiger partial charge < -0.3 is 10.8 Å². The molecular weight excluding hydrogens is 214 g/mol. The van der Waals surface area contributed by atoms with Gasteiger partial charge in [0.15, 0.2) is 0 Å². The number of carboxylic acids is 1. The summed E-state index contributed by atoms with van der Waals surface area (Å²) in [6, 6.07) is 0. The number of hydrogen-bond acceptors (Lipinski definition) is 2. The van der Waals surface area contributed by atoms with Crippen molar-refractivity contribution in [3.05, 3.63) is 0 Å². The van der Waals surface area contributed by atoms with Gasteiger partial charge in [0.25, 0.3) is 0 Å². The van der Waals surface area contributed by atoms with Crippen molar-refractivity contribution >= 4 is 5.97 Å². The molecular formula is C14H23NO2. The van der Waals surface area contributed by atoms with Crippen molar-refractivity contribution in [2.75, 3.05) is 6.54 Å². The van der Waals surface area contributed by atoms with E-state index in [0.717, 1.165) is 11.8 Å². The maximum Gasteiger partial charge on any atom is 0.303 e. The summed E-state index contributed by atoms with van der Waals surface area (Å²) in [6.45, 7) is 5.32. The minimum Gasteiger partial charge on any atom is -0.481 e. The fourth-order valence-corrected chi connectivity index (χ4v) is 6.00. The van der Waals surface area contributed by atoms with E-state index in [1.165, 1.54) is 19.3 Å². The van der Waals surface area contributed by atoms with Crippen LogP contribution in [0.3, 0.4) is 0 Å². The highest BCUT2D eigenvalue weighted by atomic mass is 16.4. The van der Waals surface area contributed by atoms with Gasteiger partial charge in [-0.1, -0.05) is 13.8 Å². The van der Waals surface area contributed by atoms with Crippen LogP contribution in [0.1, 0.15) is 39.5 Å². The number of carbonyl (C=O) groups is 1. The van der Waals surface area contributed by atoms with Gasteiger partial charge >= 0.3 is 5.97 Å². The van der Waals surface area contributed by atoms with Crippen LogP contribution in [-0.4, -0.2) is 17.6 Å². The number of hydrogen-bond donors (Lipinski definition) is 2. The Morgan fingerprint density at radius 2 is 2.12 bits per heavy atom. The topological polar surface area (TPSA) is 63.3 Å². The fourth-order valence-electron chi connectivity index (χ4n) is 6.00. The summed E-state index contributed by atoms with van der Waals surface area (Å²) in [6.07, 6.45) is 4.00. The van der Waals surface area contributed by atoms with Crippen molar-refractivity contribution < 1.29 is 9.90 Å². The summed E-state index contributed by atoms with van der Waals surface area (Å²) >= 11 is 0. The Balaban J connectivity index is 1.98. The maximum absolute atomic E-state index is 11.2. The normalized spacial score (nSPS) is 55.5. The minimum absolute atomic E-state index is 0.0832. The van der Waals surface area contributed by atoms with Crippen molar-refractivity contribution in [3.63, 3.8) is 0 Å². The Morgan fingerprint density at radius 3 is 2.71 bits per heavy atom. The highest BCUT2D eigenvalue weighted by Gasteiger charge is 2.74. The van der Waals surface area contributed by atoms with Crippen LogP contribution in [-0.2, 0) is 4.79 Å². The van der Waals surface area contributed by atoms with E-state index >= 15 is 0 Å². The molecule has 2 bridgehead atoms. The van der Waals surface area contributed by atoms with Gasteiger partial charge in [-0.3, -0.25) is 4.79 Å². The number of carboxylic acid groups (broad SMARTS) is 1. The van der Waals surface area contributed by atoms with Crippen LogP contribution in [0.5, 0.6) is 0 Å². The Kier molecular flexibility index (Phi) is 2.20. The summed E-state index contributed by atoms with van der Waals surface area (Å²) in [4.78, 5) is 11.2. The molecule has 3 fully saturated rings. The predicted octanol–water partition coefficient (Wildman–Crippen LogP) is 2.11. The predicted molar refractivity (Wildman–Crippen MR) is 65.3 cm³/mol. The average Bonchev–Trinajstić information content (AvgIpc) is 2.48. The molecule has 0 aliphatic heterocycles. The number of nitrogens with two attached hydrogens (primary N) is 1. The Labute approximate surface area is 103 Å². The van der Waals surface area contributed by atoms with Gasteiger partial charge in [-0.2, -0.15) is 0 Å². The molecule has 0 amide bonds. The zero-order chi connectivity index (χ0) is 12.4. The Morgan fingerprint density at radius 1 is 1.41 bits per heavy atom. The van der Waals surface area contributed by atoms with Gasteiger partial charge in [0, 0.05) is 0 Å². The molecule has 0 heterocycles. The molecule has 96 valence electrons. The second kappa shape index (κ2) is 3.25. The molecule has 0 spiro atoms. The molecule has 6 atom stereocenters. The number of rotatable bonds is 3. The molecule has 3 nitrogen and oxygen atoms in total. The molecule has 0 aromatic heterocycles. The average molecular weight is 237 g/mol. The van der Waals surface area contributed by atoms with E-state index < -0.39 is 5.97 Å². The molecule has 3 saturated carbocycles. The van der Waals surface area contributed by atoms with E-state index in [0.29, 0.717) is 23.8 Å². The van der Waals surface area contributed by atoms with E-state index in [9.17, 15) is 9.90 Å². The lowest BCUT2D eigenvalue weighted by molar-refractivity contribution is -0.206. The van der Waals surface area contributed by atoms with Crippen molar-refractivity contribution in [1.82, 2.24) is 0 Å². The third-order valence-corrected chi connectivity index (χ3v) is 6.80. The van der Waals surface area contributed by atoms with E-state index in [1.54, 1.807) is 0 Å². The summed E-state index contributed by atoms with van der Waals surface area (Å²) < 4.78 is 0. The molecule has 3 aliphatic carbocycles. The van der Waals surface area contributed by atoms with E-state index in [4.69, 9.17) is 5.73 Å². The van der Waals surface area contributed by atoms with Gasteiger partial charge in [0.1, 0.15) is 0 Å². The highest BCUT2D eigenvalue weighted by Crippen LogP contribution is 2.78. The molecule has 3 rings (SSSR count). The van der Waals surface area contributed by atoms with Crippen molar-refractivity contribution in [2.24, 2.45) is 40.2 Å². The smallest absolute Gasteiger partial charge is 0.303 e. The van der Waals surface area contributed by atoms with Gasteiger partial charge in [-0.15, -0.1) is 0 Å². The van der Waals surface area contributed by atoms with Crippen LogP contribution in [0.4, 0.5) is 0 Å². The van der Waals surface area contributed by atoms with Gasteiger partial charge in [-0.05, 0) is 60.3 Å². The lowest BCUT2D eigenvalue weighted by atomic mass is 9.36. The zero-order valence-corrected chi connectivity index (χ0v) is 10.8. The fraction of sp³-hybridized carbons (Fsp3) is 0.929. The van der Waals surface area contributed by atoms with Gasteiger partial charge in [0.05, 0.1) is 6.42 Å². The third kappa shape index (κ3) is 1.09. The van der Waals surface area contributed by atoms with Crippen LogP contribution in [0.2, 0.25) is 0 Å². The monoisotopic (exact) mass is 237 g/mol. The van der Waals surface area contributed by atoms with E-state index in [2.05, 4.69) is 13.8 Å². The third-order valence-electron chi connectivity index (χ3n) is 6.80. The summed E-state index contributed by atoms with van der Waals surface area (Å²) in [7, 11) is 0. The summed E-state index contributed by atoms with van der Waals surface area (Å²) in [5.74, 6) is 2.03. The maximum atomic E-state index is 11.2. The first-order valence-electron chi connectivity index (χ1n) is 6.88. The first-order chi connectivity index (χ1) is 7.96. The van der Waals surface area contributed by atoms with Crippen LogP contribution in [0.25, 0.3) is 0 Å². The lowest BCUT2D eigenvalue weighted by Crippen LogP contribution is -2.66. The van der Waals surface area contributed by atoms with Crippen LogP contribution in [0.15, 0.2) is 0 Å². The van der Waals surface area contributed by atoms with Crippen molar-refractivity contribution in [1.29, 1.82) is 0 Å². The summed E-state index contributed by atoms with van der Waals surface area (Å²) in [5, 5.41) is 9.19. The first-order valence-corrected chi connectivity index (χ1v) is 6.88. The molecule has 3 heteroatoms. The summed E-state index contributed by atoms with van der Waals surface area (Å²) in [5.41, 5.74) is 6.30. The highest BCUT2D eigenvalue weighted by molar-refractivity contribution is 5.68. The second-order valence-electron chi connectivity index (χ2n) is 6.84. The molecule has 0 aromatic rings. The standard InChI is InChI=1S/C14H23NO2/c1-8-9-3-4-10-13(8,2)11(5-9)14(10,7-15)6-12(16)17/h8-11H,3-7,15H2,1-2H3,(H,16,17)/t8-,9-,10-,11+,13-,14+/m0/s1. The molecule has 0 aromatic carbocycles. The van der Waals surface area contributed by atoms with Crippen LogP contribution >= 0.6 is 0 Å². The van der Waals surface area contributed by atoms with Crippen molar-refractivity contribution in [2.45, 2.75) is 39.5 Å². The molecule has 3 N–H and O–H groups in total. The quantitative estimate of drug-likeness (QED) is 0.790. The van der Waals surface area contributed by atoms with Gasteiger partial charge in [0.2, 0.25) is 0 Å².